The number of fused-ring (bicyclic) bond motifs is 42. The second kappa shape index (κ2) is 27.3. The van der Waals surface area contributed by atoms with Crippen molar-refractivity contribution < 1.29 is 0 Å². The third kappa shape index (κ3) is 9.78. The van der Waals surface area contributed by atoms with Crippen molar-refractivity contribution in [2.45, 2.75) is 27.7 Å². The van der Waals surface area contributed by atoms with Crippen LogP contribution in [0.15, 0.2) is 399 Å². The van der Waals surface area contributed by atoms with Gasteiger partial charge in [-0.1, -0.05) is 294 Å². The summed E-state index contributed by atoms with van der Waals surface area (Å²) in [6.45, 7) is 13.5. The van der Waals surface area contributed by atoms with E-state index >= 15 is 0 Å². The molecule has 6 nitrogen and oxygen atoms in total. The van der Waals surface area contributed by atoms with E-state index in [0.717, 1.165) is 6.21 Å². The van der Waals surface area contributed by atoms with Gasteiger partial charge in [0.15, 0.2) is 0 Å². The molecule has 0 bridgehead atoms. The van der Waals surface area contributed by atoms with E-state index in [1.165, 1.54) is 304 Å². The van der Waals surface area contributed by atoms with Crippen LogP contribution < -0.4 is 87.2 Å². The first-order chi connectivity index (χ1) is 70.6. The fourth-order valence-corrected chi connectivity index (χ4v) is 43.1. The molecule has 39 rings (SSSR count). The second-order valence-electron chi connectivity index (χ2n) is 44.0. The van der Waals surface area contributed by atoms with Crippen molar-refractivity contribution in [3.8, 4) is 84.1 Å². The van der Waals surface area contributed by atoms with Gasteiger partial charge in [0.05, 0.1) is 22.1 Å². The van der Waals surface area contributed by atoms with Crippen LogP contribution >= 0.6 is 13.9 Å². The molecule has 25 aromatic rings. The number of aryl methyl sites for hydroxylation is 4. The van der Waals surface area contributed by atoms with Gasteiger partial charge in [0.25, 0.3) is 0 Å². The Bertz CT molecular complexity index is 10400. The molecule has 0 unspecified atom stereocenters. The van der Waals surface area contributed by atoms with Crippen molar-refractivity contribution in [2.75, 3.05) is 0 Å². The summed E-state index contributed by atoms with van der Waals surface area (Å²) in [5.74, 6) is 0. The zero-order valence-electron chi connectivity index (χ0n) is 79.8. The number of nitrogens with zero attached hydrogens (tertiary/aromatic N) is 6. The summed E-state index contributed by atoms with van der Waals surface area (Å²) < 4.78 is 18.4. The van der Waals surface area contributed by atoms with E-state index in [0.29, 0.717) is 40.6 Å². The summed E-state index contributed by atoms with van der Waals surface area (Å²) >= 11 is 0. The second-order valence-corrected chi connectivity index (χ2v) is 52.6. The molecule has 20 aromatic carbocycles. The van der Waals surface area contributed by atoms with E-state index in [2.05, 4.69) is 452 Å². The van der Waals surface area contributed by atoms with Crippen LogP contribution in [0.3, 0.4) is 0 Å². The third-order valence-corrected chi connectivity index (χ3v) is 48.4. The van der Waals surface area contributed by atoms with E-state index in [9.17, 15) is 0 Å². The van der Waals surface area contributed by atoms with Crippen LogP contribution in [0, 0.1) is 27.7 Å². The number of para-hydroxylation sites is 10. The van der Waals surface area contributed by atoms with Crippen molar-refractivity contribution in [1.82, 2.24) is 22.8 Å². The first-order valence-electron chi connectivity index (χ1n) is 52.0. The van der Waals surface area contributed by atoms with Crippen LogP contribution in [-0.4, -0.2) is 95.9 Å². The average Bonchev–Trinajstić information content (AvgIpc) is 1.42. The fraction of sp³-hybridized carbons (Fsp3) is 0.0323. The van der Waals surface area contributed by atoms with Crippen LogP contribution in [-0.2, 0) is 0 Å². The van der Waals surface area contributed by atoms with Gasteiger partial charge in [-0.05, 0) is 181 Å². The Balaban J connectivity index is 0.0000000764. The molecule has 0 saturated carbocycles. The predicted octanol–water partition coefficient (Wildman–Crippen LogP) is 16.9. The van der Waals surface area contributed by atoms with Crippen molar-refractivity contribution in [2.24, 2.45) is 4.52 Å². The predicted molar refractivity (Wildman–Crippen MR) is 629 cm³/mol. The monoisotopic (exact) mass is 1840 g/mol. The Morgan fingerprint density at radius 1 is 0.245 bits per heavy atom. The molecule has 651 valence electrons. The summed E-state index contributed by atoms with van der Waals surface area (Å²) in [5, 5.41) is 15.3. The Kier molecular flexibility index (Phi) is 15.0. The molecular weight excluding hydrogens is 1750 g/mol. The Hall–Kier alpha value is -15.4. The van der Waals surface area contributed by atoms with Gasteiger partial charge in [0.2, 0.25) is 26.9 Å². The van der Waals surface area contributed by atoms with Crippen LogP contribution in [0.25, 0.3) is 193 Å². The molecule has 19 heterocycles. The van der Waals surface area contributed by atoms with Crippen molar-refractivity contribution in [3.05, 3.63) is 417 Å². The average molecular weight is 1840 g/mol. The fourth-order valence-electron chi connectivity index (χ4n) is 30.6. The molecule has 0 N–H and O–H groups in total. The first-order valence-corrected chi connectivity index (χ1v) is 56.2. The molecule has 1 radical (unpaired) electrons. The molecule has 0 aliphatic carbocycles. The topological polar surface area (TPSA) is 37.0 Å². The molecule has 14 aliphatic heterocycles. The molecule has 4 fully saturated rings. The summed E-state index contributed by atoms with van der Waals surface area (Å²) in [6, 6.07) is 148. The minimum atomic E-state index is -1.84. The van der Waals surface area contributed by atoms with Gasteiger partial charge in [-0.15, -0.1) is 0 Å². The molecule has 14 aliphatic rings. The van der Waals surface area contributed by atoms with Gasteiger partial charge >= 0.3 is 208 Å². The minimum absolute atomic E-state index is 0.129. The molecule has 4 saturated heterocycles. The molecule has 5 aromatic heterocycles. The molecule has 19 heteroatoms. The van der Waals surface area contributed by atoms with E-state index in [1.54, 1.807) is 10.8 Å². The van der Waals surface area contributed by atoms with Crippen LogP contribution in [0.1, 0.15) is 22.3 Å². The van der Waals surface area contributed by atoms with Crippen molar-refractivity contribution in [3.63, 3.8) is 0 Å². The Labute approximate surface area is 832 Å². The summed E-state index contributed by atoms with van der Waals surface area (Å²) in [5.41, 5.74) is 61.9. The molecular formula is C124H81B11N6P2-. The summed E-state index contributed by atoms with van der Waals surface area (Å²) in [6.07, 6.45) is 1.47. The summed E-state index contributed by atoms with van der Waals surface area (Å²) in [4.78, 5) is 0. The molecule has 0 spiro atoms. The van der Waals surface area contributed by atoms with E-state index in [4.69, 9.17) is 4.52 Å². The van der Waals surface area contributed by atoms with Crippen LogP contribution in [0.5, 0.6) is 0 Å². The zero-order chi connectivity index (χ0) is 93.1. The number of aromatic nitrogens is 5. The normalized spacial score (nSPS) is 15.4. The van der Waals surface area contributed by atoms with E-state index in [-0.39, 0.29) is 14.4 Å². The van der Waals surface area contributed by atoms with Crippen molar-refractivity contribution >= 4 is 283 Å². The standard InChI is InChI=1S/4C25H16BN.C24H17B7N2P2/c1-15-13-14-22-24-23(15)18-8-2-4-10-19(18)26(24)20-11-6-9-17-16-7-3-5-12-21(16)27(22)25(17)20;1-15-13-19-16-7-2-4-10-20(16)26-21-11-6-9-18-17-8-3-5-12-22(17)27(25(18)21)23(14-15)24(19)26;1-15-7-4-11-19-23(15)18-10-6-14-22-24(18)26(19)20-12-5-9-17-16-8-2-3-13-21(16)27(22)25(17)20;1-15-12-13-20-19(14-15)17-7-5-11-23-24(17)26(20)21-9-4-8-18-16-6-2-3-10-22(16)27(23)25(18)21;1-2-9-21-16(5-1)18-7-3-8-19-24(18)33(21)22-10-4-6-17-15-12-11-14(13-20(15)28(19)23(17)22)35(26-29(35)27-35)32-34-30-25-31(30)34/h4*2-14H,1H3;1-13H,25-26H2/q;;;;-1. The maximum atomic E-state index is 5.82. The van der Waals surface area contributed by atoms with E-state index in [1.807, 2.05) is 0 Å². The maximum absolute atomic E-state index is 5.82. The van der Waals surface area contributed by atoms with Gasteiger partial charge in [-0.25, -0.2) is 0 Å². The number of rotatable bonds is 2. The summed E-state index contributed by atoms with van der Waals surface area (Å²) in [7, 11) is 0.596. The number of hydrogen-bond donors (Lipinski definition) is 0. The Morgan fingerprint density at radius 2 is 0.587 bits per heavy atom. The SMILES string of the molecule is Cc1cc2c3c(c1)-n1c4ccccc4c4cccc(c41)B3c1ccccc1-2.Cc1ccc2c(c1)-c1cccc3c1B2c1cccc2c4ccccc4n-3c12.Cc1ccc2c3c1-c1ccccc1B3c1cccc3c4ccccc4n-2c13.Cc1cccc2c1-c1cccc3c1B2c1cccc2c4ccccc4n-3c12.[B]1B2[BH2-]P12(N=[P+]1B2[BH2-]B21)c1ccc2c(c1)B1c3c-2cccc3-n2c3ccccc3c3cccc1c32. The van der Waals surface area contributed by atoms with Gasteiger partial charge in [-0.2, -0.15) is 0 Å². The first kappa shape index (κ1) is 78.4. The molecule has 143 heavy (non-hydrogen) atoms. The van der Waals surface area contributed by atoms with E-state index < -0.39 is 6.39 Å². The molecule has 0 amide bonds. The number of benzene rings is 20. The number of hydrogen-bond acceptors (Lipinski definition) is 1. The van der Waals surface area contributed by atoms with Gasteiger partial charge < -0.3 is 18.3 Å². The molecule has 0 atom stereocenters. The zero-order valence-corrected chi connectivity index (χ0v) is 81.6. The quantitative estimate of drug-likeness (QED) is 0.122. The van der Waals surface area contributed by atoms with Gasteiger partial charge in [0.1, 0.15) is 0 Å². The van der Waals surface area contributed by atoms with Gasteiger partial charge in [-0.3, -0.25) is 0 Å². The van der Waals surface area contributed by atoms with Crippen LogP contribution in [0.2, 0.25) is 0 Å². The van der Waals surface area contributed by atoms with Gasteiger partial charge in [0, 0.05) is 87.9 Å². The third-order valence-electron chi connectivity index (χ3n) is 37.1. The Morgan fingerprint density at radius 3 is 1.08 bits per heavy atom. The van der Waals surface area contributed by atoms with Crippen molar-refractivity contribution in [1.29, 1.82) is 0 Å². The van der Waals surface area contributed by atoms with Crippen LogP contribution in [0.4, 0.5) is 0 Å².